The normalized spacial score (nSPS) is 12.2. The SMILES string of the molecule is C/C(=N\NC(=O)COc1cc(C)ccc1C)C(C)(C)C. The van der Waals surface area contributed by atoms with Gasteiger partial charge < -0.3 is 4.74 Å². The quantitative estimate of drug-likeness (QED) is 0.678. The second-order valence-electron chi connectivity index (χ2n) is 6.04. The van der Waals surface area contributed by atoms with E-state index in [1.807, 2.05) is 59.7 Å². The molecule has 0 spiro atoms. The lowest BCUT2D eigenvalue weighted by molar-refractivity contribution is -0.123. The maximum absolute atomic E-state index is 11.7. The maximum Gasteiger partial charge on any atom is 0.277 e. The Morgan fingerprint density at radius 3 is 2.55 bits per heavy atom. The first kappa shape index (κ1) is 16.2. The largest absolute Gasteiger partial charge is 0.483 e. The minimum absolute atomic E-state index is 0.0365. The Hall–Kier alpha value is -1.84. The molecule has 0 atom stereocenters. The van der Waals surface area contributed by atoms with Crippen LogP contribution in [-0.2, 0) is 4.79 Å². The molecule has 20 heavy (non-hydrogen) atoms. The zero-order valence-corrected chi connectivity index (χ0v) is 13.2. The van der Waals surface area contributed by atoms with Crippen LogP contribution in [0, 0.1) is 19.3 Å². The van der Waals surface area contributed by atoms with Gasteiger partial charge in [-0.15, -0.1) is 0 Å². The van der Waals surface area contributed by atoms with Crippen molar-refractivity contribution in [2.45, 2.75) is 41.5 Å². The van der Waals surface area contributed by atoms with E-state index < -0.39 is 0 Å². The van der Waals surface area contributed by atoms with Crippen LogP contribution in [0.25, 0.3) is 0 Å². The van der Waals surface area contributed by atoms with Crippen LogP contribution in [0.4, 0.5) is 0 Å². The van der Waals surface area contributed by atoms with Gasteiger partial charge in [0.1, 0.15) is 5.75 Å². The van der Waals surface area contributed by atoms with Crippen LogP contribution >= 0.6 is 0 Å². The molecule has 1 N–H and O–H groups in total. The minimum atomic E-state index is -0.255. The summed E-state index contributed by atoms with van der Waals surface area (Å²) in [5.41, 5.74) is 5.45. The summed E-state index contributed by atoms with van der Waals surface area (Å²) in [6.45, 7) is 11.9. The Morgan fingerprint density at radius 2 is 1.95 bits per heavy atom. The number of rotatable bonds is 4. The summed E-state index contributed by atoms with van der Waals surface area (Å²) < 4.78 is 5.52. The van der Waals surface area contributed by atoms with Crippen molar-refractivity contribution in [1.29, 1.82) is 0 Å². The Kier molecular flexibility index (Phi) is 5.31. The van der Waals surface area contributed by atoms with Crippen LogP contribution in [-0.4, -0.2) is 18.2 Å². The summed E-state index contributed by atoms with van der Waals surface area (Å²) in [4.78, 5) is 11.7. The van der Waals surface area contributed by atoms with Gasteiger partial charge in [-0.2, -0.15) is 5.10 Å². The summed E-state index contributed by atoms with van der Waals surface area (Å²) in [5.74, 6) is 0.478. The standard InChI is InChI=1S/C16H24N2O2/c1-11-7-8-12(2)14(9-11)20-10-15(19)18-17-13(3)16(4,5)6/h7-9H,10H2,1-6H3,(H,18,19)/b17-13+. The molecule has 0 aliphatic heterocycles. The van der Waals surface area contributed by atoms with Crippen LogP contribution in [0.2, 0.25) is 0 Å². The molecule has 0 aliphatic rings. The third-order valence-corrected chi connectivity index (χ3v) is 3.14. The molecule has 0 saturated carbocycles. The molecular formula is C16H24N2O2. The lowest BCUT2D eigenvalue weighted by Gasteiger charge is -2.17. The number of amides is 1. The lowest BCUT2D eigenvalue weighted by Crippen LogP contribution is -2.28. The second-order valence-corrected chi connectivity index (χ2v) is 6.04. The van der Waals surface area contributed by atoms with E-state index in [2.05, 4.69) is 10.5 Å². The van der Waals surface area contributed by atoms with Crippen molar-refractivity contribution >= 4 is 11.6 Å². The van der Waals surface area contributed by atoms with E-state index >= 15 is 0 Å². The van der Waals surface area contributed by atoms with Gasteiger partial charge in [-0.05, 0) is 38.0 Å². The molecule has 0 heterocycles. The molecule has 110 valence electrons. The topological polar surface area (TPSA) is 50.7 Å². The average Bonchev–Trinajstić information content (AvgIpc) is 2.35. The van der Waals surface area contributed by atoms with Gasteiger partial charge in [0.15, 0.2) is 6.61 Å². The van der Waals surface area contributed by atoms with E-state index in [0.717, 1.165) is 22.6 Å². The smallest absolute Gasteiger partial charge is 0.277 e. The number of carbonyl (C=O) groups excluding carboxylic acids is 1. The molecule has 0 bridgehead atoms. The molecule has 1 aromatic rings. The molecule has 0 radical (unpaired) electrons. The number of carbonyl (C=O) groups is 1. The van der Waals surface area contributed by atoms with Gasteiger partial charge in [-0.3, -0.25) is 4.79 Å². The number of benzene rings is 1. The summed E-state index contributed by atoms with van der Waals surface area (Å²) >= 11 is 0. The molecule has 1 aromatic carbocycles. The van der Waals surface area contributed by atoms with Gasteiger partial charge in [-0.1, -0.05) is 32.9 Å². The minimum Gasteiger partial charge on any atom is -0.483 e. The zero-order chi connectivity index (χ0) is 15.3. The van der Waals surface area contributed by atoms with Gasteiger partial charge in [-0.25, -0.2) is 5.43 Å². The Bertz CT molecular complexity index is 514. The summed E-state index contributed by atoms with van der Waals surface area (Å²) in [7, 11) is 0. The van der Waals surface area contributed by atoms with E-state index in [1.165, 1.54) is 0 Å². The third kappa shape index (κ3) is 5.03. The van der Waals surface area contributed by atoms with Crippen LogP contribution in [0.3, 0.4) is 0 Å². The van der Waals surface area contributed by atoms with E-state index in [4.69, 9.17) is 4.74 Å². The highest BCUT2D eigenvalue weighted by atomic mass is 16.5. The predicted molar refractivity (Wildman–Crippen MR) is 82.1 cm³/mol. The molecule has 0 fully saturated rings. The van der Waals surface area contributed by atoms with Crippen LogP contribution in [0.15, 0.2) is 23.3 Å². The molecule has 4 nitrogen and oxygen atoms in total. The fraction of sp³-hybridized carbons (Fsp3) is 0.500. The van der Waals surface area contributed by atoms with Crippen molar-refractivity contribution in [2.24, 2.45) is 10.5 Å². The molecular weight excluding hydrogens is 252 g/mol. The van der Waals surface area contributed by atoms with Crippen molar-refractivity contribution in [3.63, 3.8) is 0 Å². The number of hydrogen-bond donors (Lipinski definition) is 1. The number of hydrogen-bond acceptors (Lipinski definition) is 3. The van der Waals surface area contributed by atoms with Crippen molar-refractivity contribution in [3.05, 3.63) is 29.3 Å². The molecule has 0 unspecified atom stereocenters. The van der Waals surface area contributed by atoms with E-state index in [1.54, 1.807) is 0 Å². The van der Waals surface area contributed by atoms with Crippen molar-refractivity contribution in [3.8, 4) is 5.75 Å². The Morgan fingerprint density at radius 1 is 1.30 bits per heavy atom. The van der Waals surface area contributed by atoms with Crippen molar-refractivity contribution in [1.82, 2.24) is 5.43 Å². The number of ether oxygens (including phenoxy) is 1. The highest BCUT2D eigenvalue weighted by Gasteiger charge is 2.14. The predicted octanol–water partition coefficient (Wildman–Crippen LogP) is 3.22. The second kappa shape index (κ2) is 6.55. The first-order valence-corrected chi connectivity index (χ1v) is 6.74. The van der Waals surface area contributed by atoms with Crippen molar-refractivity contribution < 1.29 is 9.53 Å². The monoisotopic (exact) mass is 276 g/mol. The van der Waals surface area contributed by atoms with Gasteiger partial charge in [0, 0.05) is 11.1 Å². The summed E-state index contributed by atoms with van der Waals surface area (Å²) in [6.07, 6.45) is 0. The molecule has 0 aromatic heterocycles. The number of nitrogens with zero attached hydrogens (tertiary/aromatic N) is 1. The van der Waals surface area contributed by atoms with Gasteiger partial charge in [0.05, 0.1) is 0 Å². The Labute approximate surface area is 121 Å². The highest BCUT2D eigenvalue weighted by molar-refractivity contribution is 5.88. The van der Waals surface area contributed by atoms with E-state index in [-0.39, 0.29) is 17.9 Å². The maximum atomic E-state index is 11.7. The molecule has 1 rings (SSSR count). The lowest BCUT2D eigenvalue weighted by atomic mass is 9.91. The zero-order valence-electron chi connectivity index (χ0n) is 13.2. The number of nitrogens with one attached hydrogen (secondary N) is 1. The number of hydrazone groups is 1. The molecule has 0 saturated heterocycles. The van der Waals surface area contributed by atoms with Gasteiger partial charge >= 0.3 is 0 Å². The fourth-order valence-corrected chi connectivity index (χ4v) is 1.35. The Balaban J connectivity index is 2.54. The highest BCUT2D eigenvalue weighted by Crippen LogP contribution is 2.19. The summed E-state index contributed by atoms with van der Waals surface area (Å²) in [5, 5.41) is 4.08. The third-order valence-electron chi connectivity index (χ3n) is 3.14. The van der Waals surface area contributed by atoms with Crippen LogP contribution in [0.1, 0.15) is 38.8 Å². The molecule has 0 aliphatic carbocycles. The fourth-order valence-electron chi connectivity index (χ4n) is 1.35. The van der Waals surface area contributed by atoms with Crippen LogP contribution in [0.5, 0.6) is 5.75 Å². The number of aryl methyl sites for hydroxylation is 2. The van der Waals surface area contributed by atoms with Gasteiger partial charge in [0.2, 0.25) is 0 Å². The van der Waals surface area contributed by atoms with Crippen molar-refractivity contribution in [2.75, 3.05) is 6.61 Å². The van der Waals surface area contributed by atoms with E-state index in [9.17, 15) is 4.79 Å². The molecule has 4 heteroatoms. The molecule has 1 amide bonds. The average molecular weight is 276 g/mol. The first-order chi connectivity index (χ1) is 9.20. The van der Waals surface area contributed by atoms with Crippen LogP contribution < -0.4 is 10.2 Å². The first-order valence-electron chi connectivity index (χ1n) is 6.74. The summed E-state index contributed by atoms with van der Waals surface area (Å²) in [6, 6.07) is 5.91. The van der Waals surface area contributed by atoms with Gasteiger partial charge in [0.25, 0.3) is 5.91 Å². The van der Waals surface area contributed by atoms with E-state index in [0.29, 0.717) is 0 Å².